The molecule has 2 rings (SSSR count). The topological polar surface area (TPSA) is 63.8 Å². The second-order valence-electron chi connectivity index (χ2n) is 3.69. The summed E-state index contributed by atoms with van der Waals surface area (Å²) in [7, 11) is 0. The zero-order valence-electron chi connectivity index (χ0n) is 9.64. The van der Waals surface area contributed by atoms with E-state index in [0.717, 1.165) is 0 Å². The van der Waals surface area contributed by atoms with Crippen molar-refractivity contribution in [1.82, 2.24) is 9.97 Å². The molecule has 19 heavy (non-hydrogen) atoms. The van der Waals surface area contributed by atoms with E-state index >= 15 is 0 Å². The Kier molecular flexibility index (Phi) is 3.24. The minimum absolute atomic E-state index is 0.0488. The van der Waals surface area contributed by atoms with Gasteiger partial charge >= 0.3 is 0 Å². The maximum Gasteiger partial charge on any atom is 0.185 e. The number of nitrogen functional groups attached to an aromatic ring is 1. The molecule has 0 unspecified atom stereocenters. The number of hydrogen-bond acceptors (Lipinski definition) is 4. The minimum Gasteiger partial charge on any atom is -0.384 e. The van der Waals surface area contributed by atoms with E-state index < -0.39 is 29.0 Å². The molecule has 1 aromatic heterocycles. The van der Waals surface area contributed by atoms with Crippen LogP contribution in [0.3, 0.4) is 0 Å². The summed E-state index contributed by atoms with van der Waals surface area (Å²) in [4.78, 5) is 7.54. The van der Waals surface area contributed by atoms with Gasteiger partial charge in [0.1, 0.15) is 23.1 Å². The molecule has 0 radical (unpaired) electrons. The Labute approximate surface area is 105 Å². The Balaban J connectivity index is 2.49. The second kappa shape index (κ2) is 4.71. The standard InChI is InChI=1S/C11H8F4N4/c1-4-17-7(16)3-8(18-4)19-11-9(14)5(12)2-6(13)10(11)15/h2-3H,1H3,(H3,16,17,18,19). The van der Waals surface area contributed by atoms with E-state index in [-0.39, 0.29) is 23.5 Å². The third-order valence-corrected chi connectivity index (χ3v) is 2.22. The number of rotatable bonds is 2. The van der Waals surface area contributed by atoms with Crippen molar-refractivity contribution in [2.75, 3.05) is 11.1 Å². The highest BCUT2D eigenvalue weighted by Gasteiger charge is 2.19. The number of nitrogens with one attached hydrogen (secondary N) is 1. The molecule has 0 saturated carbocycles. The average Bonchev–Trinajstić information content (AvgIpc) is 2.31. The second-order valence-corrected chi connectivity index (χ2v) is 3.69. The van der Waals surface area contributed by atoms with Crippen LogP contribution in [0.15, 0.2) is 12.1 Å². The molecule has 8 heteroatoms. The van der Waals surface area contributed by atoms with E-state index in [0.29, 0.717) is 0 Å². The molecule has 0 bridgehead atoms. The van der Waals surface area contributed by atoms with E-state index in [1.54, 1.807) is 0 Å². The smallest absolute Gasteiger partial charge is 0.185 e. The van der Waals surface area contributed by atoms with Crippen LogP contribution in [-0.2, 0) is 0 Å². The average molecular weight is 272 g/mol. The maximum absolute atomic E-state index is 13.4. The van der Waals surface area contributed by atoms with Gasteiger partial charge in [0.05, 0.1) is 0 Å². The number of aryl methyl sites for hydroxylation is 1. The highest BCUT2D eigenvalue weighted by molar-refractivity contribution is 5.60. The van der Waals surface area contributed by atoms with Crippen LogP contribution in [0.1, 0.15) is 5.82 Å². The molecule has 3 N–H and O–H groups in total. The first kappa shape index (κ1) is 13.1. The van der Waals surface area contributed by atoms with Crippen LogP contribution >= 0.6 is 0 Å². The lowest BCUT2D eigenvalue weighted by Crippen LogP contribution is -2.06. The SMILES string of the molecule is Cc1nc(N)cc(Nc2c(F)c(F)cc(F)c2F)n1. The number of nitrogens with zero attached hydrogens (tertiary/aromatic N) is 2. The van der Waals surface area contributed by atoms with Gasteiger partial charge in [-0.25, -0.2) is 27.5 Å². The fourth-order valence-corrected chi connectivity index (χ4v) is 1.47. The molecule has 0 spiro atoms. The first-order valence-corrected chi connectivity index (χ1v) is 5.09. The Bertz CT molecular complexity index is 599. The molecule has 0 aliphatic rings. The number of anilines is 3. The summed E-state index contributed by atoms with van der Waals surface area (Å²) >= 11 is 0. The first-order valence-electron chi connectivity index (χ1n) is 5.09. The third-order valence-electron chi connectivity index (χ3n) is 2.22. The van der Waals surface area contributed by atoms with E-state index in [2.05, 4.69) is 15.3 Å². The number of nitrogens with two attached hydrogens (primary N) is 1. The van der Waals surface area contributed by atoms with Crippen LogP contribution in [0.2, 0.25) is 0 Å². The van der Waals surface area contributed by atoms with Crippen molar-refractivity contribution in [3.05, 3.63) is 41.2 Å². The van der Waals surface area contributed by atoms with Gasteiger partial charge in [0, 0.05) is 12.1 Å². The van der Waals surface area contributed by atoms with Crippen molar-refractivity contribution in [1.29, 1.82) is 0 Å². The molecular formula is C11H8F4N4. The van der Waals surface area contributed by atoms with Gasteiger partial charge in [-0.2, -0.15) is 0 Å². The van der Waals surface area contributed by atoms with Gasteiger partial charge in [-0.15, -0.1) is 0 Å². The summed E-state index contributed by atoms with van der Waals surface area (Å²) in [5.41, 5.74) is 4.45. The molecule has 0 aliphatic heterocycles. The van der Waals surface area contributed by atoms with Gasteiger partial charge in [-0.3, -0.25) is 0 Å². The maximum atomic E-state index is 13.4. The van der Waals surface area contributed by atoms with Crippen LogP contribution < -0.4 is 11.1 Å². The van der Waals surface area contributed by atoms with Crippen LogP contribution in [0.5, 0.6) is 0 Å². The fourth-order valence-electron chi connectivity index (χ4n) is 1.47. The normalized spacial score (nSPS) is 10.6. The fraction of sp³-hybridized carbons (Fsp3) is 0.0909. The zero-order valence-corrected chi connectivity index (χ0v) is 9.64. The molecule has 4 nitrogen and oxygen atoms in total. The molecule has 0 amide bonds. The number of benzene rings is 1. The Morgan fingerprint density at radius 1 is 1.00 bits per heavy atom. The number of aromatic nitrogens is 2. The Morgan fingerprint density at radius 2 is 1.58 bits per heavy atom. The summed E-state index contributed by atoms with van der Waals surface area (Å²) in [5.74, 6) is -5.91. The molecule has 1 heterocycles. The molecule has 2 aromatic rings. The van der Waals surface area contributed by atoms with Crippen molar-refractivity contribution in [3.8, 4) is 0 Å². The largest absolute Gasteiger partial charge is 0.384 e. The summed E-state index contributed by atoms with van der Waals surface area (Å²) in [5, 5.41) is 2.14. The lowest BCUT2D eigenvalue weighted by Gasteiger charge is -2.10. The van der Waals surface area contributed by atoms with Crippen molar-refractivity contribution in [2.24, 2.45) is 0 Å². The van der Waals surface area contributed by atoms with Crippen molar-refractivity contribution < 1.29 is 17.6 Å². The zero-order chi connectivity index (χ0) is 14.2. The number of halogens is 4. The predicted octanol–water partition coefficient (Wildman–Crippen LogP) is 2.67. The van der Waals surface area contributed by atoms with Gasteiger partial charge in [0.2, 0.25) is 0 Å². The predicted molar refractivity (Wildman–Crippen MR) is 60.7 cm³/mol. The Morgan fingerprint density at radius 3 is 2.11 bits per heavy atom. The van der Waals surface area contributed by atoms with E-state index in [1.807, 2.05) is 0 Å². The highest BCUT2D eigenvalue weighted by Crippen LogP contribution is 2.27. The Hall–Kier alpha value is -2.38. The van der Waals surface area contributed by atoms with Gasteiger partial charge in [0.15, 0.2) is 23.3 Å². The van der Waals surface area contributed by atoms with Crippen molar-refractivity contribution in [3.63, 3.8) is 0 Å². The lowest BCUT2D eigenvalue weighted by molar-refractivity contribution is 0.459. The van der Waals surface area contributed by atoms with Gasteiger partial charge in [-0.1, -0.05) is 0 Å². The quantitative estimate of drug-likeness (QED) is 0.651. The summed E-state index contributed by atoms with van der Waals surface area (Å²) < 4.78 is 52.8. The highest BCUT2D eigenvalue weighted by atomic mass is 19.2. The lowest BCUT2D eigenvalue weighted by atomic mass is 10.2. The van der Waals surface area contributed by atoms with E-state index in [1.165, 1.54) is 13.0 Å². The monoisotopic (exact) mass is 272 g/mol. The minimum atomic E-state index is -1.55. The molecule has 0 aliphatic carbocycles. The molecule has 0 atom stereocenters. The van der Waals surface area contributed by atoms with E-state index in [4.69, 9.17) is 5.73 Å². The van der Waals surface area contributed by atoms with Gasteiger partial charge < -0.3 is 11.1 Å². The third kappa shape index (κ3) is 2.56. The summed E-state index contributed by atoms with van der Waals surface area (Å²) in [6.45, 7) is 1.50. The molecular weight excluding hydrogens is 264 g/mol. The molecule has 0 fully saturated rings. The van der Waals surface area contributed by atoms with Crippen molar-refractivity contribution in [2.45, 2.75) is 6.92 Å². The first-order chi connectivity index (χ1) is 8.88. The molecule has 1 aromatic carbocycles. The van der Waals surface area contributed by atoms with Gasteiger partial charge in [0.25, 0.3) is 0 Å². The van der Waals surface area contributed by atoms with Gasteiger partial charge in [-0.05, 0) is 6.92 Å². The molecule has 100 valence electrons. The summed E-state index contributed by atoms with van der Waals surface area (Å²) in [6, 6.07) is 1.30. The molecule has 0 saturated heterocycles. The van der Waals surface area contributed by atoms with Crippen LogP contribution in [-0.4, -0.2) is 9.97 Å². The van der Waals surface area contributed by atoms with Crippen LogP contribution in [0.25, 0.3) is 0 Å². The van der Waals surface area contributed by atoms with Crippen molar-refractivity contribution >= 4 is 17.3 Å². The number of hydrogen-bond donors (Lipinski definition) is 2. The van der Waals surface area contributed by atoms with E-state index in [9.17, 15) is 17.6 Å². The van der Waals surface area contributed by atoms with Crippen LogP contribution in [0.4, 0.5) is 34.9 Å². The summed E-state index contributed by atoms with van der Waals surface area (Å²) in [6.07, 6.45) is 0. The van der Waals surface area contributed by atoms with Crippen LogP contribution in [0, 0.1) is 30.2 Å².